The van der Waals surface area contributed by atoms with Crippen LogP contribution in [0.5, 0.6) is 11.5 Å². The first-order valence-electron chi connectivity index (χ1n) is 6.70. The van der Waals surface area contributed by atoms with Gasteiger partial charge in [0, 0.05) is 24.0 Å². The zero-order valence-electron chi connectivity index (χ0n) is 11.8. The third kappa shape index (κ3) is 3.48. The van der Waals surface area contributed by atoms with E-state index in [2.05, 4.69) is 4.98 Å². The number of hydrogen-bond acceptors (Lipinski definition) is 4. The van der Waals surface area contributed by atoms with Gasteiger partial charge in [0.2, 0.25) is 0 Å². The third-order valence-corrected chi connectivity index (χ3v) is 3.20. The topological polar surface area (TPSA) is 57.4 Å². The van der Waals surface area contributed by atoms with Gasteiger partial charge in [-0.1, -0.05) is 13.0 Å². The van der Waals surface area contributed by atoms with Crippen molar-refractivity contribution in [2.75, 3.05) is 7.11 Å². The van der Waals surface area contributed by atoms with Crippen LogP contribution in [0.3, 0.4) is 0 Å². The smallest absolute Gasteiger partial charge is 0.140 e. The molecule has 0 aliphatic heterocycles. The predicted octanol–water partition coefficient (Wildman–Crippen LogP) is 2.95. The molecule has 106 valence electrons. The van der Waals surface area contributed by atoms with Crippen LogP contribution in [0.15, 0.2) is 48.8 Å². The molecule has 0 spiro atoms. The molecule has 20 heavy (non-hydrogen) atoms. The molecule has 2 unspecified atom stereocenters. The minimum absolute atomic E-state index is 0.0821. The minimum atomic E-state index is -0.206. The van der Waals surface area contributed by atoms with E-state index < -0.39 is 0 Å². The van der Waals surface area contributed by atoms with Crippen LogP contribution in [-0.4, -0.2) is 18.1 Å². The van der Waals surface area contributed by atoms with Gasteiger partial charge in [0.15, 0.2) is 0 Å². The van der Waals surface area contributed by atoms with Crippen molar-refractivity contribution in [1.29, 1.82) is 0 Å². The predicted molar refractivity (Wildman–Crippen MR) is 78.9 cm³/mol. The van der Waals surface area contributed by atoms with Crippen LogP contribution < -0.4 is 15.2 Å². The van der Waals surface area contributed by atoms with Crippen molar-refractivity contribution in [2.24, 2.45) is 5.73 Å². The molecule has 2 rings (SSSR count). The van der Waals surface area contributed by atoms with Crippen molar-refractivity contribution in [3.05, 3.63) is 54.4 Å². The maximum atomic E-state index is 6.18. The zero-order chi connectivity index (χ0) is 14.4. The SMILES string of the molecule is CCC(N)C(Oc1ccc(OC)cc1)c1cccnc1. The van der Waals surface area contributed by atoms with E-state index >= 15 is 0 Å². The summed E-state index contributed by atoms with van der Waals surface area (Å²) in [6.45, 7) is 2.05. The van der Waals surface area contributed by atoms with Gasteiger partial charge in [-0.2, -0.15) is 0 Å². The van der Waals surface area contributed by atoms with Crippen molar-refractivity contribution in [3.63, 3.8) is 0 Å². The van der Waals surface area contributed by atoms with E-state index in [1.165, 1.54) is 0 Å². The van der Waals surface area contributed by atoms with Crippen LogP contribution in [0.2, 0.25) is 0 Å². The van der Waals surface area contributed by atoms with E-state index in [9.17, 15) is 0 Å². The lowest BCUT2D eigenvalue weighted by molar-refractivity contribution is 0.170. The molecule has 0 fully saturated rings. The van der Waals surface area contributed by atoms with E-state index in [0.29, 0.717) is 0 Å². The molecule has 1 aromatic heterocycles. The van der Waals surface area contributed by atoms with Crippen molar-refractivity contribution < 1.29 is 9.47 Å². The number of nitrogens with two attached hydrogens (primary N) is 1. The van der Waals surface area contributed by atoms with E-state index in [1.807, 2.05) is 43.3 Å². The second-order valence-corrected chi connectivity index (χ2v) is 4.57. The lowest BCUT2D eigenvalue weighted by Crippen LogP contribution is -2.31. The first-order valence-corrected chi connectivity index (χ1v) is 6.70. The average molecular weight is 272 g/mol. The average Bonchev–Trinajstić information content (AvgIpc) is 2.53. The molecule has 4 nitrogen and oxygen atoms in total. The molecular weight excluding hydrogens is 252 g/mol. The van der Waals surface area contributed by atoms with Crippen LogP contribution in [0.1, 0.15) is 25.0 Å². The Morgan fingerprint density at radius 2 is 1.85 bits per heavy atom. The van der Waals surface area contributed by atoms with Crippen molar-refractivity contribution in [3.8, 4) is 11.5 Å². The van der Waals surface area contributed by atoms with Gasteiger partial charge in [0.25, 0.3) is 0 Å². The maximum absolute atomic E-state index is 6.18. The highest BCUT2D eigenvalue weighted by atomic mass is 16.5. The standard InChI is InChI=1S/C16H20N2O2/c1-3-15(17)16(12-5-4-10-18-11-12)20-14-8-6-13(19-2)7-9-14/h4-11,15-16H,3,17H2,1-2H3. The molecule has 2 N–H and O–H groups in total. The van der Waals surface area contributed by atoms with Crippen molar-refractivity contribution >= 4 is 0 Å². The van der Waals surface area contributed by atoms with Crippen molar-refractivity contribution in [1.82, 2.24) is 4.98 Å². The number of hydrogen-bond donors (Lipinski definition) is 1. The van der Waals surface area contributed by atoms with Gasteiger partial charge in [-0.3, -0.25) is 4.98 Å². The Kier molecular flexibility index (Phi) is 4.96. The van der Waals surface area contributed by atoms with Crippen LogP contribution in [0.4, 0.5) is 0 Å². The summed E-state index contributed by atoms with van der Waals surface area (Å²) in [6, 6.07) is 11.3. The molecule has 0 bridgehead atoms. The molecule has 1 aromatic carbocycles. The highest BCUT2D eigenvalue weighted by molar-refractivity contribution is 5.32. The highest BCUT2D eigenvalue weighted by Gasteiger charge is 2.20. The second kappa shape index (κ2) is 6.91. The summed E-state index contributed by atoms with van der Waals surface area (Å²) in [5.74, 6) is 1.57. The number of aromatic nitrogens is 1. The van der Waals surface area contributed by atoms with Gasteiger partial charge in [0.05, 0.1) is 7.11 Å². The lowest BCUT2D eigenvalue weighted by Gasteiger charge is -2.24. The fourth-order valence-corrected chi connectivity index (χ4v) is 1.96. The summed E-state index contributed by atoms with van der Waals surface area (Å²) >= 11 is 0. The molecule has 1 heterocycles. The normalized spacial score (nSPS) is 13.6. The van der Waals surface area contributed by atoms with E-state index in [1.54, 1.807) is 19.5 Å². The summed E-state index contributed by atoms with van der Waals surface area (Å²) in [6.07, 6.45) is 4.16. The summed E-state index contributed by atoms with van der Waals surface area (Å²) in [5, 5.41) is 0. The number of nitrogens with zero attached hydrogens (tertiary/aromatic N) is 1. The summed E-state index contributed by atoms with van der Waals surface area (Å²) in [7, 11) is 1.64. The number of methoxy groups -OCH3 is 1. The number of benzene rings is 1. The molecule has 4 heteroatoms. The quantitative estimate of drug-likeness (QED) is 0.878. The Hall–Kier alpha value is -2.07. The number of rotatable bonds is 6. The molecule has 0 saturated heterocycles. The molecular formula is C16H20N2O2. The first-order chi connectivity index (χ1) is 9.74. The van der Waals surface area contributed by atoms with Gasteiger partial charge in [-0.05, 0) is 36.8 Å². The Bertz CT molecular complexity index is 514. The molecule has 0 aliphatic rings. The summed E-state index contributed by atoms with van der Waals surface area (Å²) in [5.41, 5.74) is 7.16. The van der Waals surface area contributed by atoms with Crippen LogP contribution in [-0.2, 0) is 0 Å². The van der Waals surface area contributed by atoms with Gasteiger partial charge >= 0.3 is 0 Å². The Morgan fingerprint density at radius 3 is 2.40 bits per heavy atom. The van der Waals surface area contributed by atoms with Crippen LogP contribution >= 0.6 is 0 Å². The van der Waals surface area contributed by atoms with Crippen LogP contribution in [0, 0.1) is 0 Å². The van der Waals surface area contributed by atoms with E-state index in [4.69, 9.17) is 15.2 Å². The van der Waals surface area contributed by atoms with Gasteiger partial charge in [-0.25, -0.2) is 0 Å². The zero-order valence-corrected chi connectivity index (χ0v) is 11.8. The summed E-state index contributed by atoms with van der Waals surface area (Å²) in [4.78, 5) is 4.14. The summed E-state index contributed by atoms with van der Waals surface area (Å²) < 4.78 is 11.2. The monoisotopic (exact) mass is 272 g/mol. The highest BCUT2D eigenvalue weighted by Crippen LogP contribution is 2.26. The lowest BCUT2D eigenvalue weighted by atomic mass is 10.0. The molecule has 2 atom stereocenters. The van der Waals surface area contributed by atoms with Crippen LogP contribution in [0.25, 0.3) is 0 Å². The van der Waals surface area contributed by atoms with Gasteiger partial charge in [0.1, 0.15) is 17.6 Å². The fraction of sp³-hybridized carbons (Fsp3) is 0.312. The first kappa shape index (κ1) is 14.3. The second-order valence-electron chi connectivity index (χ2n) is 4.57. The van der Waals surface area contributed by atoms with Gasteiger partial charge < -0.3 is 15.2 Å². The molecule has 0 aliphatic carbocycles. The fourth-order valence-electron chi connectivity index (χ4n) is 1.96. The minimum Gasteiger partial charge on any atom is -0.497 e. The molecule has 0 radical (unpaired) electrons. The largest absolute Gasteiger partial charge is 0.497 e. The molecule has 0 amide bonds. The number of ether oxygens (including phenoxy) is 2. The third-order valence-electron chi connectivity index (χ3n) is 3.20. The maximum Gasteiger partial charge on any atom is 0.140 e. The van der Waals surface area contributed by atoms with Gasteiger partial charge in [-0.15, -0.1) is 0 Å². The Labute approximate surface area is 119 Å². The molecule has 0 saturated carbocycles. The number of pyridine rings is 1. The van der Waals surface area contributed by atoms with E-state index in [-0.39, 0.29) is 12.1 Å². The van der Waals surface area contributed by atoms with Crippen molar-refractivity contribution in [2.45, 2.75) is 25.5 Å². The Morgan fingerprint density at radius 1 is 1.15 bits per heavy atom. The molecule has 2 aromatic rings. The Balaban J connectivity index is 2.19. The van der Waals surface area contributed by atoms with E-state index in [0.717, 1.165) is 23.5 Å².